The third kappa shape index (κ3) is 2.64. The molecule has 0 aromatic carbocycles. The molecule has 2 aromatic rings. The van der Waals surface area contributed by atoms with Crippen LogP contribution >= 0.6 is 32.0 Å². The van der Waals surface area contributed by atoms with Crippen molar-refractivity contribution in [3.05, 3.63) is 35.8 Å². The van der Waals surface area contributed by atoms with E-state index >= 15 is 0 Å². The van der Waals surface area contributed by atoms with Crippen molar-refractivity contribution < 1.29 is 4.79 Å². The fraction of sp³-hybridized carbons (Fsp3) is 0.308. The third-order valence-electron chi connectivity index (χ3n) is 3.40. The molecule has 0 N–H and O–H groups in total. The number of carbonyl (C=O) groups excluding carboxylic acids is 1. The summed E-state index contributed by atoms with van der Waals surface area (Å²) >= 11 is 2.21. The predicted molar refractivity (Wildman–Crippen MR) is 94.4 cm³/mol. The van der Waals surface area contributed by atoms with Crippen LogP contribution < -0.4 is 4.90 Å². The number of aliphatic imine (C=N–C) groups is 1. The molecule has 2 unspecified atom stereocenters. The van der Waals surface area contributed by atoms with E-state index in [9.17, 15) is 4.79 Å². The molecular formula is C13H15IN5OP. The number of fused-ring (bicyclic) bond motifs is 1. The van der Waals surface area contributed by atoms with Gasteiger partial charge in [0.1, 0.15) is 22.8 Å². The minimum atomic E-state index is 0.0338. The van der Waals surface area contributed by atoms with Crippen molar-refractivity contribution in [3.8, 4) is 0 Å². The highest BCUT2D eigenvalue weighted by Crippen LogP contribution is 2.30. The average Bonchev–Trinajstić information content (AvgIpc) is 3.08. The van der Waals surface area contributed by atoms with Crippen LogP contribution in [0.25, 0.3) is 0 Å². The lowest BCUT2D eigenvalue weighted by atomic mass is 10.1. The van der Waals surface area contributed by atoms with Gasteiger partial charge in [-0.3, -0.25) is 9.67 Å². The maximum absolute atomic E-state index is 10.6. The Morgan fingerprint density at radius 3 is 3.14 bits per heavy atom. The molecule has 6 nitrogen and oxygen atoms in total. The lowest BCUT2D eigenvalue weighted by molar-refractivity contribution is -0.108. The summed E-state index contributed by atoms with van der Waals surface area (Å²) in [6.45, 7) is 0.619. The minimum absolute atomic E-state index is 0.0338. The second kappa shape index (κ2) is 5.88. The molecule has 0 amide bonds. The summed E-state index contributed by atoms with van der Waals surface area (Å²) in [5.41, 5.74) is 3.03. The minimum Gasteiger partial charge on any atom is -0.341 e. The molecule has 0 saturated heterocycles. The highest BCUT2D eigenvalue weighted by molar-refractivity contribution is 14.1. The van der Waals surface area contributed by atoms with E-state index in [1.54, 1.807) is 0 Å². The fourth-order valence-corrected chi connectivity index (χ4v) is 3.34. The summed E-state index contributed by atoms with van der Waals surface area (Å²) in [6.07, 6.45) is 7.13. The van der Waals surface area contributed by atoms with Gasteiger partial charge in [-0.1, -0.05) is 22.6 Å². The van der Waals surface area contributed by atoms with Crippen LogP contribution in [0.4, 0.5) is 5.82 Å². The second-order valence-corrected chi connectivity index (χ2v) is 6.85. The summed E-state index contributed by atoms with van der Waals surface area (Å²) in [6, 6.07) is 2.06. The predicted octanol–water partition coefficient (Wildman–Crippen LogP) is 2.09. The van der Waals surface area contributed by atoms with Gasteiger partial charge in [-0.15, -0.1) is 0 Å². The van der Waals surface area contributed by atoms with Gasteiger partial charge in [-0.05, 0) is 15.5 Å². The molecule has 1 aliphatic heterocycles. The maximum atomic E-state index is 10.6. The van der Waals surface area contributed by atoms with Crippen molar-refractivity contribution in [2.45, 2.75) is 10.5 Å². The Balaban J connectivity index is 1.96. The Labute approximate surface area is 138 Å². The lowest BCUT2D eigenvalue weighted by Gasteiger charge is -2.24. The molecule has 0 radical (unpaired) electrons. The fourth-order valence-electron chi connectivity index (χ4n) is 2.40. The zero-order valence-electron chi connectivity index (χ0n) is 11.5. The van der Waals surface area contributed by atoms with Crippen molar-refractivity contribution in [2.24, 2.45) is 4.99 Å². The van der Waals surface area contributed by atoms with E-state index in [0.29, 0.717) is 13.1 Å². The van der Waals surface area contributed by atoms with Gasteiger partial charge in [0.25, 0.3) is 0 Å². The number of nitrogens with zero attached hydrogens (tertiary/aromatic N) is 5. The lowest BCUT2D eigenvalue weighted by Crippen LogP contribution is -2.26. The Kier molecular flexibility index (Phi) is 4.12. The number of rotatable bonds is 4. The van der Waals surface area contributed by atoms with Gasteiger partial charge in [-0.25, -0.2) is 0 Å². The molecule has 0 bridgehead atoms. The molecule has 1 aliphatic rings. The number of hydrogen-bond donors (Lipinski definition) is 0. The molecule has 0 saturated carbocycles. The molecule has 110 valence electrons. The standard InChI is InChI=1S/C13H15IN5OP/c1-17-8-15-12(10-2-4-19(21)13(10)17)9-6-16-18(7-9)11(14)3-5-20/h2,4-7,11H,3,8,21H2,1H3. The Morgan fingerprint density at radius 2 is 2.38 bits per heavy atom. The molecular weight excluding hydrogens is 400 g/mol. The maximum Gasteiger partial charge on any atom is 0.122 e. The van der Waals surface area contributed by atoms with Gasteiger partial charge >= 0.3 is 0 Å². The molecule has 0 fully saturated rings. The smallest absolute Gasteiger partial charge is 0.122 e. The molecule has 3 heterocycles. The van der Waals surface area contributed by atoms with Crippen LogP contribution in [0.1, 0.15) is 21.6 Å². The number of aldehydes is 1. The van der Waals surface area contributed by atoms with Crippen LogP contribution in [0, 0.1) is 0 Å². The van der Waals surface area contributed by atoms with Gasteiger partial charge in [0.2, 0.25) is 0 Å². The molecule has 0 spiro atoms. The second-order valence-electron chi connectivity index (χ2n) is 4.85. The number of anilines is 1. The first kappa shape index (κ1) is 14.7. The molecule has 2 aromatic heterocycles. The van der Waals surface area contributed by atoms with E-state index in [0.717, 1.165) is 28.9 Å². The first-order chi connectivity index (χ1) is 10.1. The Morgan fingerprint density at radius 1 is 1.57 bits per heavy atom. The highest BCUT2D eigenvalue weighted by Gasteiger charge is 2.23. The normalized spacial score (nSPS) is 15.6. The van der Waals surface area contributed by atoms with Crippen LogP contribution in [0.3, 0.4) is 0 Å². The average molecular weight is 415 g/mol. The monoisotopic (exact) mass is 415 g/mol. The zero-order chi connectivity index (χ0) is 15.0. The van der Waals surface area contributed by atoms with Gasteiger partial charge in [0, 0.05) is 37.0 Å². The van der Waals surface area contributed by atoms with Crippen LogP contribution in [0.15, 0.2) is 29.6 Å². The van der Waals surface area contributed by atoms with Gasteiger partial charge in [0.15, 0.2) is 0 Å². The summed E-state index contributed by atoms with van der Waals surface area (Å²) in [7, 11) is 4.71. The summed E-state index contributed by atoms with van der Waals surface area (Å²) in [4.78, 5) is 17.4. The van der Waals surface area contributed by atoms with Crippen molar-refractivity contribution in [1.82, 2.24) is 14.1 Å². The number of alkyl halides is 1. The molecule has 2 atom stereocenters. The largest absolute Gasteiger partial charge is 0.341 e. The number of hydrogen-bond acceptors (Lipinski definition) is 4. The third-order valence-corrected chi connectivity index (χ3v) is 4.89. The van der Waals surface area contributed by atoms with Crippen molar-refractivity contribution in [1.29, 1.82) is 0 Å². The van der Waals surface area contributed by atoms with Crippen LogP contribution in [0.5, 0.6) is 0 Å². The summed E-state index contributed by atoms with van der Waals surface area (Å²) < 4.78 is 3.86. The summed E-state index contributed by atoms with van der Waals surface area (Å²) in [5, 5.41) is 4.35. The van der Waals surface area contributed by atoms with Gasteiger partial charge in [-0.2, -0.15) is 5.10 Å². The molecule has 0 aliphatic carbocycles. The van der Waals surface area contributed by atoms with E-state index in [4.69, 9.17) is 0 Å². The quantitative estimate of drug-likeness (QED) is 0.333. The number of carbonyl (C=O) groups is 1. The van der Waals surface area contributed by atoms with E-state index in [2.05, 4.69) is 53.0 Å². The number of halogens is 1. The van der Waals surface area contributed by atoms with E-state index in [1.165, 1.54) is 0 Å². The molecule has 3 rings (SSSR count). The van der Waals surface area contributed by atoms with Crippen LogP contribution in [-0.2, 0) is 4.79 Å². The first-order valence-electron chi connectivity index (χ1n) is 6.46. The number of aromatic nitrogens is 3. The van der Waals surface area contributed by atoms with E-state index < -0.39 is 0 Å². The Bertz CT molecular complexity index is 707. The van der Waals surface area contributed by atoms with Gasteiger partial charge in [0.05, 0.1) is 11.9 Å². The van der Waals surface area contributed by atoms with Crippen molar-refractivity contribution >= 4 is 49.8 Å². The topological polar surface area (TPSA) is 55.4 Å². The van der Waals surface area contributed by atoms with Crippen LogP contribution in [0.2, 0.25) is 0 Å². The van der Waals surface area contributed by atoms with Crippen molar-refractivity contribution in [3.63, 3.8) is 0 Å². The van der Waals surface area contributed by atoms with Crippen molar-refractivity contribution in [2.75, 3.05) is 18.6 Å². The van der Waals surface area contributed by atoms with E-state index in [1.807, 2.05) is 34.7 Å². The highest BCUT2D eigenvalue weighted by atomic mass is 127. The van der Waals surface area contributed by atoms with Gasteiger partial charge < -0.3 is 14.0 Å². The molecule has 8 heteroatoms. The zero-order valence-corrected chi connectivity index (χ0v) is 14.8. The van der Waals surface area contributed by atoms with E-state index in [-0.39, 0.29) is 4.05 Å². The first-order valence-corrected chi connectivity index (χ1v) is 8.22. The van der Waals surface area contributed by atoms with Crippen LogP contribution in [-0.4, -0.2) is 39.8 Å². The SMILES string of the molecule is CN1CN=C(c2cnn(C(I)CC=O)c2)c2ccn(P)c21. The summed E-state index contributed by atoms with van der Waals surface area (Å²) in [5.74, 6) is 1.12. The molecule has 21 heavy (non-hydrogen) atoms. The Hall–Kier alpha value is -1.21.